The molecule has 1 heterocycles. The summed E-state index contributed by atoms with van der Waals surface area (Å²) >= 11 is 0. The van der Waals surface area contributed by atoms with E-state index in [-0.39, 0.29) is 18.6 Å². The highest BCUT2D eigenvalue weighted by molar-refractivity contribution is 7.87. The van der Waals surface area contributed by atoms with Crippen molar-refractivity contribution in [3.8, 4) is 0 Å². The molecule has 3 unspecified atom stereocenters. The lowest BCUT2D eigenvalue weighted by Gasteiger charge is -2.18. The maximum atomic E-state index is 11.9. The first-order chi connectivity index (χ1) is 8.04. The molecule has 1 aliphatic carbocycles. The van der Waals surface area contributed by atoms with Crippen molar-refractivity contribution >= 4 is 10.2 Å². The van der Waals surface area contributed by atoms with E-state index in [1.54, 1.807) is 0 Å². The van der Waals surface area contributed by atoms with Gasteiger partial charge in [0.05, 0.1) is 12.7 Å². The molecule has 0 radical (unpaired) electrons. The molecule has 0 aromatic heterocycles. The van der Waals surface area contributed by atoms with Gasteiger partial charge in [-0.1, -0.05) is 0 Å². The minimum Gasteiger partial charge on any atom is -0.393 e. The Bertz CT molecular complexity index is 359. The van der Waals surface area contributed by atoms with Gasteiger partial charge in [-0.05, 0) is 18.8 Å². The van der Waals surface area contributed by atoms with Gasteiger partial charge in [-0.25, -0.2) is 0 Å². The summed E-state index contributed by atoms with van der Waals surface area (Å²) in [6.45, 7) is 1.62. The molecule has 7 heteroatoms. The summed E-state index contributed by atoms with van der Waals surface area (Å²) < 4.78 is 32.6. The summed E-state index contributed by atoms with van der Waals surface area (Å²) in [5, 5.41) is 9.74. The van der Waals surface area contributed by atoms with Crippen LogP contribution in [0.1, 0.15) is 12.8 Å². The minimum absolute atomic E-state index is 0.119. The van der Waals surface area contributed by atoms with Crippen molar-refractivity contribution in [2.75, 3.05) is 33.4 Å². The van der Waals surface area contributed by atoms with Crippen LogP contribution in [0.5, 0.6) is 0 Å². The van der Waals surface area contributed by atoms with E-state index in [4.69, 9.17) is 4.74 Å². The number of aliphatic hydroxyl groups excluding tert-OH is 1. The van der Waals surface area contributed by atoms with Crippen molar-refractivity contribution in [1.29, 1.82) is 0 Å². The monoisotopic (exact) mass is 264 g/mol. The molecule has 2 N–H and O–H groups in total. The van der Waals surface area contributed by atoms with Crippen LogP contribution in [0.4, 0.5) is 0 Å². The third-order valence-electron chi connectivity index (χ3n) is 3.72. The molecule has 3 atom stereocenters. The Kier molecular flexibility index (Phi) is 4.04. The van der Waals surface area contributed by atoms with Gasteiger partial charge in [0.15, 0.2) is 0 Å². The Labute approximate surface area is 102 Å². The number of hydrogen-bond acceptors (Lipinski definition) is 4. The summed E-state index contributed by atoms with van der Waals surface area (Å²) in [5.74, 6) is 0.443. The number of nitrogens with zero attached hydrogens (tertiary/aromatic N) is 1. The molecular formula is C10H20N2O4S. The van der Waals surface area contributed by atoms with E-state index < -0.39 is 10.2 Å². The van der Waals surface area contributed by atoms with Gasteiger partial charge in [0.2, 0.25) is 0 Å². The van der Waals surface area contributed by atoms with E-state index in [9.17, 15) is 13.5 Å². The number of nitrogens with one attached hydrogen (secondary N) is 1. The molecule has 0 aromatic carbocycles. The lowest BCUT2D eigenvalue weighted by atomic mass is 10.00. The zero-order chi connectivity index (χ0) is 12.5. The van der Waals surface area contributed by atoms with Crippen molar-refractivity contribution in [1.82, 2.24) is 9.03 Å². The Morgan fingerprint density at radius 1 is 1.41 bits per heavy atom. The Hall–Kier alpha value is -0.210. The van der Waals surface area contributed by atoms with Crippen LogP contribution >= 0.6 is 0 Å². The number of hydrogen-bond donors (Lipinski definition) is 2. The first kappa shape index (κ1) is 13.2. The number of ether oxygens (including phenoxy) is 1. The van der Waals surface area contributed by atoms with Gasteiger partial charge >= 0.3 is 0 Å². The van der Waals surface area contributed by atoms with Crippen LogP contribution in [0.15, 0.2) is 0 Å². The maximum Gasteiger partial charge on any atom is 0.279 e. The van der Waals surface area contributed by atoms with Crippen LogP contribution in [0.25, 0.3) is 0 Å². The Balaban J connectivity index is 1.91. The van der Waals surface area contributed by atoms with Crippen LogP contribution in [-0.4, -0.2) is 57.3 Å². The number of fused-ring (bicyclic) bond motifs is 1. The highest BCUT2D eigenvalue weighted by Crippen LogP contribution is 2.38. The van der Waals surface area contributed by atoms with Gasteiger partial charge in [-0.3, -0.25) is 0 Å². The zero-order valence-corrected chi connectivity index (χ0v) is 10.8. The van der Waals surface area contributed by atoms with E-state index in [1.807, 2.05) is 0 Å². The minimum atomic E-state index is -3.41. The summed E-state index contributed by atoms with van der Waals surface area (Å²) in [7, 11) is -1.87. The van der Waals surface area contributed by atoms with Crippen LogP contribution in [0.2, 0.25) is 0 Å². The van der Waals surface area contributed by atoms with E-state index >= 15 is 0 Å². The highest BCUT2D eigenvalue weighted by atomic mass is 32.2. The molecule has 1 aliphatic heterocycles. The van der Waals surface area contributed by atoms with Crippen LogP contribution in [0.3, 0.4) is 0 Å². The molecule has 2 rings (SSSR count). The second-order valence-corrected chi connectivity index (χ2v) is 6.53. The third-order valence-corrected chi connectivity index (χ3v) is 5.26. The second-order valence-electron chi connectivity index (χ2n) is 4.78. The van der Waals surface area contributed by atoms with Crippen LogP contribution in [-0.2, 0) is 14.9 Å². The summed E-state index contributed by atoms with van der Waals surface area (Å²) in [5.41, 5.74) is 0. The number of rotatable bonds is 5. The SMILES string of the molecule is COCCNS(=O)(=O)N1CC2CCC(O)C2C1. The number of aliphatic hydroxyl groups is 1. The average molecular weight is 264 g/mol. The molecule has 0 bridgehead atoms. The first-order valence-corrected chi connectivity index (χ1v) is 7.40. The predicted octanol–water partition coefficient (Wildman–Crippen LogP) is -0.830. The van der Waals surface area contributed by atoms with E-state index in [0.29, 0.717) is 25.6 Å². The van der Waals surface area contributed by atoms with Gasteiger partial charge in [-0.2, -0.15) is 17.4 Å². The van der Waals surface area contributed by atoms with Crippen LogP contribution < -0.4 is 4.72 Å². The summed E-state index contributed by atoms with van der Waals surface area (Å²) in [6.07, 6.45) is 1.40. The molecule has 2 aliphatic rings. The molecule has 0 amide bonds. The van der Waals surface area contributed by atoms with E-state index in [1.165, 1.54) is 11.4 Å². The fraction of sp³-hybridized carbons (Fsp3) is 1.00. The fourth-order valence-corrected chi connectivity index (χ4v) is 4.04. The van der Waals surface area contributed by atoms with Gasteiger partial charge in [-0.15, -0.1) is 0 Å². The van der Waals surface area contributed by atoms with Gasteiger partial charge in [0.1, 0.15) is 0 Å². The zero-order valence-electron chi connectivity index (χ0n) is 10.0. The summed E-state index contributed by atoms with van der Waals surface area (Å²) in [4.78, 5) is 0. The first-order valence-electron chi connectivity index (χ1n) is 5.96. The fourth-order valence-electron chi connectivity index (χ4n) is 2.76. The molecular weight excluding hydrogens is 244 g/mol. The van der Waals surface area contributed by atoms with Gasteiger partial charge in [0, 0.05) is 32.7 Å². The van der Waals surface area contributed by atoms with Crippen molar-refractivity contribution in [3.63, 3.8) is 0 Å². The van der Waals surface area contributed by atoms with Crippen molar-refractivity contribution in [2.24, 2.45) is 11.8 Å². The highest BCUT2D eigenvalue weighted by Gasteiger charge is 2.45. The lowest BCUT2D eigenvalue weighted by molar-refractivity contribution is 0.129. The van der Waals surface area contributed by atoms with E-state index in [2.05, 4.69) is 4.72 Å². The quantitative estimate of drug-likeness (QED) is 0.635. The van der Waals surface area contributed by atoms with Crippen molar-refractivity contribution in [3.05, 3.63) is 0 Å². The largest absolute Gasteiger partial charge is 0.393 e. The molecule has 0 aromatic rings. The molecule has 17 heavy (non-hydrogen) atoms. The standard InChI is InChI=1S/C10H20N2O4S/c1-16-5-4-11-17(14,15)12-6-8-2-3-10(13)9(8)7-12/h8-11,13H,2-7H2,1H3. The maximum absolute atomic E-state index is 11.9. The third kappa shape index (κ3) is 2.79. The van der Waals surface area contributed by atoms with Gasteiger partial charge in [0.25, 0.3) is 10.2 Å². The predicted molar refractivity (Wildman–Crippen MR) is 62.6 cm³/mol. The Morgan fingerprint density at radius 2 is 2.18 bits per heavy atom. The molecule has 100 valence electrons. The van der Waals surface area contributed by atoms with Gasteiger partial charge < -0.3 is 9.84 Å². The molecule has 1 saturated heterocycles. The van der Waals surface area contributed by atoms with Crippen molar-refractivity contribution in [2.45, 2.75) is 18.9 Å². The molecule has 6 nitrogen and oxygen atoms in total. The van der Waals surface area contributed by atoms with Crippen molar-refractivity contribution < 1.29 is 18.3 Å². The summed E-state index contributed by atoms with van der Waals surface area (Å²) in [6, 6.07) is 0. The topological polar surface area (TPSA) is 78.9 Å². The van der Waals surface area contributed by atoms with E-state index in [0.717, 1.165) is 12.8 Å². The molecule has 1 saturated carbocycles. The lowest BCUT2D eigenvalue weighted by Crippen LogP contribution is -2.41. The second kappa shape index (κ2) is 5.19. The Morgan fingerprint density at radius 3 is 2.82 bits per heavy atom. The van der Waals surface area contributed by atoms with Crippen LogP contribution in [0, 0.1) is 11.8 Å². The average Bonchev–Trinajstić information content (AvgIpc) is 2.82. The smallest absolute Gasteiger partial charge is 0.279 e. The molecule has 2 fully saturated rings. The molecule has 0 spiro atoms. The normalized spacial score (nSPS) is 34.1. The number of methoxy groups -OCH3 is 1.